The minimum atomic E-state index is -0.157. The Kier molecular flexibility index (Phi) is 3.95. The predicted molar refractivity (Wildman–Crippen MR) is 66.3 cm³/mol. The standard InChI is InChI=1S/C10H19ClN2OS/c1-9(2)5-7(12-8(14)15-11)6-10(3,4)13-9/h7,13H,5-6H2,1-4H3,(H,12,14). The summed E-state index contributed by atoms with van der Waals surface area (Å²) in [7, 11) is 6.12. The number of halogens is 1. The molecule has 1 aliphatic heterocycles. The second kappa shape index (κ2) is 4.52. The average molecular weight is 251 g/mol. The molecule has 88 valence electrons. The van der Waals surface area contributed by atoms with E-state index in [0.29, 0.717) is 0 Å². The first kappa shape index (κ1) is 13.1. The molecule has 0 aromatic carbocycles. The van der Waals surface area contributed by atoms with E-state index in [1.165, 1.54) is 0 Å². The zero-order valence-electron chi connectivity index (χ0n) is 9.69. The van der Waals surface area contributed by atoms with Gasteiger partial charge >= 0.3 is 0 Å². The van der Waals surface area contributed by atoms with E-state index in [-0.39, 0.29) is 22.4 Å². The molecule has 0 aromatic rings. The van der Waals surface area contributed by atoms with Crippen molar-refractivity contribution in [1.82, 2.24) is 10.6 Å². The van der Waals surface area contributed by atoms with Gasteiger partial charge in [0.1, 0.15) is 0 Å². The summed E-state index contributed by atoms with van der Waals surface area (Å²) in [5.74, 6) is 0. The highest BCUT2D eigenvalue weighted by atomic mass is 35.7. The van der Waals surface area contributed by atoms with Crippen molar-refractivity contribution < 1.29 is 4.79 Å². The molecule has 1 fully saturated rings. The Bertz CT molecular complexity index is 240. The Morgan fingerprint density at radius 3 is 2.20 bits per heavy atom. The van der Waals surface area contributed by atoms with Crippen LogP contribution in [0.25, 0.3) is 0 Å². The van der Waals surface area contributed by atoms with Crippen LogP contribution >= 0.6 is 21.7 Å². The lowest BCUT2D eigenvalue weighted by atomic mass is 9.80. The van der Waals surface area contributed by atoms with Crippen molar-refractivity contribution in [3.05, 3.63) is 0 Å². The van der Waals surface area contributed by atoms with Crippen LogP contribution in [0.5, 0.6) is 0 Å². The van der Waals surface area contributed by atoms with Gasteiger partial charge in [0.05, 0.1) is 0 Å². The second-order valence-corrected chi connectivity index (χ2v) is 6.49. The fourth-order valence-electron chi connectivity index (χ4n) is 2.61. The molecule has 0 spiro atoms. The molecule has 0 aromatic heterocycles. The summed E-state index contributed by atoms with van der Waals surface area (Å²) >= 11 is 0. The molecule has 1 saturated heterocycles. The Morgan fingerprint density at radius 2 is 1.80 bits per heavy atom. The maximum Gasteiger partial charge on any atom is 0.294 e. The number of rotatable bonds is 1. The molecule has 0 atom stereocenters. The van der Waals surface area contributed by atoms with Gasteiger partial charge < -0.3 is 10.6 Å². The SMILES string of the molecule is CC1(C)CC(NC(=O)SCl)CC(C)(C)N1. The molecule has 15 heavy (non-hydrogen) atoms. The highest BCUT2D eigenvalue weighted by molar-refractivity contribution is 8.32. The van der Waals surface area contributed by atoms with Gasteiger partial charge in [0.15, 0.2) is 0 Å². The Morgan fingerprint density at radius 1 is 1.33 bits per heavy atom. The van der Waals surface area contributed by atoms with Crippen LogP contribution in [0.3, 0.4) is 0 Å². The third-order valence-corrected chi connectivity index (χ3v) is 3.26. The van der Waals surface area contributed by atoms with Crippen LogP contribution in [0.2, 0.25) is 0 Å². The van der Waals surface area contributed by atoms with Crippen molar-refractivity contribution in [3.8, 4) is 0 Å². The summed E-state index contributed by atoms with van der Waals surface area (Å²) in [6, 6.07) is 0.204. The van der Waals surface area contributed by atoms with Crippen molar-refractivity contribution in [2.75, 3.05) is 0 Å². The monoisotopic (exact) mass is 250 g/mol. The number of hydrogen-bond donors (Lipinski definition) is 2. The molecule has 1 amide bonds. The molecule has 1 aliphatic rings. The van der Waals surface area contributed by atoms with Crippen LogP contribution in [-0.4, -0.2) is 22.4 Å². The quantitative estimate of drug-likeness (QED) is 0.752. The topological polar surface area (TPSA) is 41.1 Å². The van der Waals surface area contributed by atoms with Gasteiger partial charge in [-0.25, -0.2) is 0 Å². The largest absolute Gasteiger partial charge is 0.343 e. The number of carbonyl (C=O) groups is 1. The summed E-state index contributed by atoms with van der Waals surface area (Å²) in [5.41, 5.74) is 0.105. The number of amides is 1. The molecule has 2 N–H and O–H groups in total. The van der Waals surface area contributed by atoms with Gasteiger partial charge in [0, 0.05) is 28.1 Å². The normalized spacial score (nSPS) is 24.9. The van der Waals surface area contributed by atoms with Gasteiger partial charge in [-0.2, -0.15) is 0 Å². The van der Waals surface area contributed by atoms with Crippen molar-refractivity contribution >= 4 is 26.9 Å². The summed E-state index contributed by atoms with van der Waals surface area (Å²) in [4.78, 5) is 11.2. The van der Waals surface area contributed by atoms with E-state index in [2.05, 4.69) is 38.3 Å². The van der Waals surface area contributed by atoms with Crippen LogP contribution in [0.1, 0.15) is 40.5 Å². The van der Waals surface area contributed by atoms with E-state index in [0.717, 1.165) is 23.8 Å². The molecular weight excluding hydrogens is 232 g/mol. The van der Waals surface area contributed by atoms with Gasteiger partial charge in [0.25, 0.3) is 5.24 Å². The molecule has 0 radical (unpaired) electrons. The summed E-state index contributed by atoms with van der Waals surface area (Å²) < 4.78 is 0. The smallest absolute Gasteiger partial charge is 0.294 e. The number of hydrogen-bond acceptors (Lipinski definition) is 3. The molecule has 0 aliphatic carbocycles. The van der Waals surface area contributed by atoms with Crippen LogP contribution in [0, 0.1) is 0 Å². The van der Waals surface area contributed by atoms with Gasteiger partial charge in [-0.15, -0.1) is 0 Å². The Hall–Kier alpha value is 0.0700. The molecule has 5 heteroatoms. The predicted octanol–water partition coefficient (Wildman–Crippen LogP) is 2.89. The van der Waals surface area contributed by atoms with Crippen LogP contribution in [-0.2, 0) is 0 Å². The summed E-state index contributed by atoms with van der Waals surface area (Å²) in [6.07, 6.45) is 1.86. The van der Waals surface area contributed by atoms with E-state index in [1.807, 2.05) is 0 Å². The minimum absolute atomic E-state index is 0.0523. The number of nitrogens with one attached hydrogen (secondary N) is 2. The molecule has 1 rings (SSSR count). The van der Waals surface area contributed by atoms with E-state index in [1.54, 1.807) is 0 Å². The first-order valence-corrected chi connectivity index (χ1v) is 6.77. The summed E-state index contributed by atoms with van der Waals surface area (Å²) in [5, 5.41) is 6.34. The third kappa shape index (κ3) is 4.21. The minimum Gasteiger partial charge on any atom is -0.343 e. The van der Waals surface area contributed by atoms with E-state index in [4.69, 9.17) is 10.7 Å². The summed E-state index contributed by atoms with van der Waals surface area (Å²) in [6.45, 7) is 8.61. The van der Waals surface area contributed by atoms with Crippen molar-refractivity contribution in [1.29, 1.82) is 0 Å². The molecule has 0 unspecified atom stereocenters. The van der Waals surface area contributed by atoms with Gasteiger partial charge in [-0.1, -0.05) is 0 Å². The zero-order valence-corrected chi connectivity index (χ0v) is 11.3. The Labute approximate surface area is 100 Å². The average Bonchev–Trinajstić information content (AvgIpc) is 1.97. The zero-order chi connectivity index (χ0) is 11.7. The maximum atomic E-state index is 11.2. The fraction of sp³-hybridized carbons (Fsp3) is 0.900. The first-order valence-electron chi connectivity index (χ1n) is 5.12. The highest BCUT2D eigenvalue weighted by Crippen LogP contribution is 2.28. The van der Waals surface area contributed by atoms with Gasteiger partial charge in [-0.05, 0) is 51.2 Å². The van der Waals surface area contributed by atoms with Crippen molar-refractivity contribution in [2.24, 2.45) is 0 Å². The van der Waals surface area contributed by atoms with Gasteiger partial charge in [-0.3, -0.25) is 4.79 Å². The first-order chi connectivity index (χ1) is 6.74. The fourth-order valence-corrected chi connectivity index (χ4v) is 2.96. The second-order valence-electron chi connectivity index (χ2n) is 5.51. The van der Waals surface area contributed by atoms with Gasteiger partial charge in [0.2, 0.25) is 0 Å². The van der Waals surface area contributed by atoms with E-state index < -0.39 is 0 Å². The van der Waals surface area contributed by atoms with Crippen LogP contribution in [0.15, 0.2) is 0 Å². The van der Waals surface area contributed by atoms with Crippen molar-refractivity contribution in [2.45, 2.75) is 57.7 Å². The molecular formula is C10H19ClN2OS. The molecule has 0 saturated carbocycles. The van der Waals surface area contributed by atoms with E-state index >= 15 is 0 Å². The molecule has 0 bridgehead atoms. The highest BCUT2D eigenvalue weighted by Gasteiger charge is 2.38. The molecule has 1 heterocycles. The lowest BCUT2D eigenvalue weighted by molar-refractivity contribution is 0.151. The lowest BCUT2D eigenvalue weighted by Crippen LogP contribution is -2.61. The number of piperidine rings is 1. The number of carbonyl (C=O) groups excluding carboxylic acids is 1. The lowest BCUT2D eigenvalue weighted by Gasteiger charge is -2.46. The van der Waals surface area contributed by atoms with E-state index in [9.17, 15) is 4.79 Å². The third-order valence-electron chi connectivity index (χ3n) is 2.58. The van der Waals surface area contributed by atoms with Crippen LogP contribution < -0.4 is 10.6 Å². The maximum absolute atomic E-state index is 11.2. The van der Waals surface area contributed by atoms with Crippen molar-refractivity contribution in [3.63, 3.8) is 0 Å². The van der Waals surface area contributed by atoms with Crippen LogP contribution in [0.4, 0.5) is 4.79 Å². The molecule has 3 nitrogen and oxygen atoms in total. The Balaban J connectivity index is 2.63.